The molecule has 0 saturated carbocycles. The molecule has 2 aromatic carbocycles. The summed E-state index contributed by atoms with van der Waals surface area (Å²) in [5.41, 5.74) is 2.95. The summed E-state index contributed by atoms with van der Waals surface area (Å²) in [7, 11) is 1.65. The first-order valence-corrected chi connectivity index (χ1v) is 9.76. The van der Waals surface area contributed by atoms with Crippen molar-refractivity contribution in [3.63, 3.8) is 0 Å². The molecule has 1 aliphatic heterocycles. The summed E-state index contributed by atoms with van der Waals surface area (Å²) in [5.74, 6) is 1.89. The number of rotatable bonds is 5. The van der Waals surface area contributed by atoms with Crippen LogP contribution in [0.1, 0.15) is 5.56 Å². The van der Waals surface area contributed by atoms with Gasteiger partial charge in [-0.05, 0) is 29.8 Å². The minimum Gasteiger partial charge on any atom is -0.497 e. The molecule has 0 atom stereocenters. The Morgan fingerprint density at radius 1 is 0.966 bits per heavy atom. The van der Waals surface area contributed by atoms with Crippen LogP contribution in [0.2, 0.25) is 0 Å². The fourth-order valence-electron chi connectivity index (χ4n) is 3.51. The number of aromatic nitrogens is 2. The minimum absolute atomic E-state index is 0.178. The number of carbonyl (C=O) groups excluding carboxylic acids is 1. The zero-order valence-corrected chi connectivity index (χ0v) is 16.5. The monoisotopic (exact) mass is 388 g/mol. The molecular formula is C23H24N4O2. The van der Waals surface area contributed by atoms with Crippen LogP contribution < -0.4 is 9.64 Å². The van der Waals surface area contributed by atoms with Crippen molar-refractivity contribution in [1.29, 1.82) is 0 Å². The van der Waals surface area contributed by atoms with E-state index in [1.165, 1.54) is 0 Å². The van der Waals surface area contributed by atoms with E-state index < -0.39 is 0 Å². The predicted octanol–water partition coefficient (Wildman–Crippen LogP) is 3.04. The first-order valence-electron chi connectivity index (χ1n) is 9.76. The van der Waals surface area contributed by atoms with Gasteiger partial charge in [0.1, 0.15) is 17.9 Å². The van der Waals surface area contributed by atoms with Crippen LogP contribution in [0.3, 0.4) is 0 Å². The molecule has 0 unspecified atom stereocenters. The first kappa shape index (κ1) is 18.9. The molecule has 0 aliphatic carbocycles. The van der Waals surface area contributed by atoms with Crippen molar-refractivity contribution in [1.82, 2.24) is 14.9 Å². The third kappa shape index (κ3) is 4.54. The Bertz CT molecular complexity index is 952. The van der Waals surface area contributed by atoms with Crippen LogP contribution in [0.4, 0.5) is 5.82 Å². The molecule has 0 radical (unpaired) electrons. The zero-order chi connectivity index (χ0) is 20.1. The molecule has 0 bridgehead atoms. The minimum atomic E-state index is 0.178. The molecule has 1 aliphatic rings. The quantitative estimate of drug-likeness (QED) is 0.672. The van der Waals surface area contributed by atoms with Gasteiger partial charge in [-0.25, -0.2) is 9.97 Å². The maximum absolute atomic E-state index is 12.6. The molecule has 1 fully saturated rings. The highest BCUT2D eigenvalue weighted by Crippen LogP contribution is 2.23. The second-order valence-electron chi connectivity index (χ2n) is 7.02. The highest BCUT2D eigenvalue weighted by Gasteiger charge is 2.22. The SMILES string of the molecule is COc1ccc(-c2cc(N3CCN(C(=O)Cc4ccccc4)CC3)ncn2)cc1. The lowest BCUT2D eigenvalue weighted by Crippen LogP contribution is -2.49. The number of amides is 1. The summed E-state index contributed by atoms with van der Waals surface area (Å²) in [6, 6.07) is 19.7. The van der Waals surface area contributed by atoms with E-state index in [1.807, 2.05) is 65.6 Å². The Balaban J connectivity index is 1.39. The maximum Gasteiger partial charge on any atom is 0.227 e. The number of piperazine rings is 1. The van der Waals surface area contributed by atoms with E-state index in [2.05, 4.69) is 14.9 Å². The van der Waals surface area contributed by atoms with E-state index in [4.69, 9.17) is 4.74 Å². The van der Waals surface area contributed by atoms with E-state index >= 15 is 0 Å². The van der Waals surface area contributed by atoms with Gasteiger partial charge in [0.15, 0.2) is 0 Å². The van der Waals surface area contributed by atoms with Crippen molar-refractivity contribution in [3.8, 4) is 17.0 Å². The van der Waals surface area contributed by atoms with Gasteiger partial charge in [-0.3, -0.25) is 4.79 Å². The lowest BCUT2D eigenvalue weighted by Gasteiger charge is -2.35. The smallest absolute Gasteiger partial charge is 0.227 e. The van der Waals surface area contributed by atoms with Gasteiger partial charge in [0.25, 0.3) is 0 Å². The zero-order valence-electron chi connectivity index (χ0n) is 16.5. The van der Waals surface area contributed by atoms with Gasteiger partial charge in [0.05, 0.1) is 19.2 Å². The fraction of sp³-hybridized carbons (Fsp3) is 0.261. The second-order valence-corrected chi connectivity index (χ2v) is 7.02. The fourth-order valence-corrected chi connectivity index (χ4v) is 3.51. The number of benzene rings is 2. The van der Waals surface area contributed by atoms with E-state index in [0.29, 0.717) is 19.5 Å². The molecule has 0 N–H and O–H groups in total. The van der Waals surface area contributed by atoms with E-state index in [-0.39, 0.29) is 5.91 Å². The second kappa shape index (κ2) is 8.73. The summed E-state index contributed by atoms with van der Waals surface area (Å²) in [6.45, 7) is 2.93. The Morgan fingerprint density at radius 3 is 2.38 bits per heavy atom. The van der Waals surface area contributed by atoms with Crippen LogP contribution in [0, 0.1) is 0 Å². The number of anilines is 1. The highest BCUT2D eigenvalue weighted by atomic mass is 16.5. The number of carbonyl (C=O) groups is 1. The lowest BCUT2D eigenvalue weighted by atomic mass is 10.1. The van der Waals surface area contributed by atoms with Crippen LogP contribution in [0.15, 0.2) is 67.0 Å². The molecule has 1 amide bonds. The average Bonchev–Trinajstić information content (AvgIpc) is 2.80. The molecule has 3 aromatic rings. The molecule has 4 rings (SSSR count). The van der Waals surface area contributed by atoms with E-state index in [1.54, 1.807) is 13.4 Å². The third-order valence-corrected chi connectivity index (χ3v) is 5.19. The molecule has 29 heavy (non-hydrogen) atoms. The van der Waals surface area contributed by atoms with Crippen molar-refractivity contribution in [2.45, 2.75) is 6.42 Å². The van der Waals surface area contributed by atoms with Gasteiger partial charge in [0, 0.05) is 37.8 Å². The van der Waals surface area contributed by atoms with Crippen molar-refractivity contribution >= 4 is 11.7 Å². The van der Waals surface area contributed by atoms with Crippen LogP contribution in [0.25, 0.3) is 11.3 Å². The topological polar surface area (TPSA) is 58.6 Å². The van der Waals surface area contributed by atoms with Gasteiger partial charge >= 0.3 is 0 Å². The van der Waals surface area contributed by atoms with Crippen molar-refractivity contribution in [2.75, 3.05) is 38.2 Å². The lowest BCUT2D eigenvalue weighted by molar-refractivity contribution is -0.130. The van der Waals surface area contributed by atoms with Crippen molar-refractivity contribution in [2.24, 2.45) is 0 Å². The Labute approximate surface area is 170 Å². The third-order valence-electron chi connectivity index (χ3n) is 5.19. The summed E-state index contributed by atoms with van der Waals surface area (Å²) in [5, 5.41) is 0. The summed E-state index contributed by atoms with van der Waals surface area (Å²) in [6.07, 6.45) is 2.05. The van der Waals surface area contributed by atoms with Crippen molar-refractivity contribution < 1.29 is 9.53 Å². The van der Waals surface area contributed by atoms with Crippen LogP contribution in [-0.2, 0) is 11.2 Å². The molecule has 6 nitrogen and oxygen atoms in total. The highest BCUT2D eigenvalue weighted by molar-refractivity contribution is 5.79. The summed E-state index contributed by atoms with van der Waals surface area (Å²) >= 11 is 0. The average molecular weight is 388 g/mol. The van der Waals surface area contributed by atoms with Gasteiger partial charge < -0.3 is 14.5 Å². The number of methoxy groups -OCH3 is 1. The molecule has 1 saturated heterocycles. The van der Waals surface area contributed by atoms with Gasteiger partial charge in [-0.15, -0.1) is 0 Å². The van der Waals surface area contributed by atoms with Crippen LogP contribution in [-0.4, -0.2) is 54.1 Å². The number of hydrogen-bond acceptors (Lipinski definition) is 5. The van der Waals surface area contributed by atoms with E-state index in [0.717, 1.165) is 41.5 Å². The van der Waals surface area contributed by atoms with Crippen molar-refractivity contribution in [3.05, 3.63) is 72.6 Å². The van der Waals surface area contributed by atoms with Gasteiger partial charge in [0.2, 0.25) is 5.91 Å². The first-order chi connectivity index (χ1) is 14.2. The largest absolute Gasteiger partial charge is 0.497 e. The molecule has 0 spiro atoms. The predicted molar refractivity (Wildman–Crippen MR) is 113 cm³/mol. The van der Waals surface area contributed by atoms with E-state index in [9.17, 15) is 4.79 Å². The Morgan fingerprint density at radius 2 is 1.69 bits per heavy atom. The number of nitrogens with zero attached hydrogens (tertiary/aromatic N) is 4. The number of ether oxygens (including phenoxy) is 1. The molecule has 1 aromatic heterocycles. The Hall–Kier alpha value is -3.41. The number of hydrogen-bond donors (Lipinski definition) is 0. The molecular weight excluding hydrogens is 364 g/mol. The van der Waals surface area contributed by atoms with Crippen LogP contribution >= 0.6 is 0 Å². The normalized spacial score (nSPS) is 14.0. The standard InChI is InChI=1S/C23H24N4O2/c1-29-20-9-7-19(8-10-20)21-16-22(25-17-24-21)26-11-13-27(14-12-26)23(28)15-18-5-3-2-4-6-18/h2-10,16-17H,11-15H2,1H3. The van der Waals surface area contributed by atoms with Gasteiger partial charge in [-0.1, -0.05) is 30.3 Å². The molecule has 6 heteroatoms. The van der Waals surface area contributed by atoms with Gasteiger partial charge in [-0.2, -0.15) is 0 Å². The van der Waals surface area contributed by atoms with Crippen LogP contribution in [0.5, 0.6) is 5.75 Å². The summed E-state index contributed by atoms with van der Waals surface area (Å²) in [4.78, 5) is 25.6. The summed E-state index contributed by atoms with van der Waals surface area (Å²) < 4.78 is 5.22. The molecule has 148 valence electrons. The Kier molecular flexibility index (Phi) is 5.70. The maximum atomic E-state index is 12.6. The molecule has 2 heterocycles.